The van der Waals surface area contributed by atoms with Crippen molar-refractivity contribution in [1.29, 1.82) is 0 Å². The number of nitrogens with one attached hydrogen (secondary N) is 2. The Balaban J connectivity index is 1.76. The summed E-state index contributed by atoms with van der Waals surface area (Å²) in [5, 5.41) is 6.62. The van der Waals surface area contributed by atoms with Gasteiger partial charge < -0.3 is 10.6 Å². The van der Waals surface area contributed by atoms with E-state index in [2.05, 4.69) is 20.6 Å². The fraction of sp³-hybridized carbons (Fsp3) is 0.150. The molecule has 2 aromatic carbocycles. The normalized spacial score (nSPS) is 10.4. The first-order valence-electron chi connectivity index (χ1n) is 8.23. The van der Waals surface area contributed by atoms with E-state index in [1.54, 1.807) is 18.2 Å². The number of aryl methyl sites for hydroxylation is 1. The summed E-state index contributed by atoms with van der Waals surface area (Å²) in [7, 11) is 0. The minimum Gasteiger partial charge on any atom is -0.350 e. The molecule has 6 heteroatoms. The molecule has 26 heavy (non-hydrogen) atoms. The average molecular weight is 367 g/mol. The number of anilines is 2. The number of carbonyl (C=O) groups excluding carboxylic acids is 1. The summed E-state index contributed by atoms with van der Waals surface area (Å²) >= 11 is 6.11. The lowest BCUT2D eigenvalue weighted by atomic mass is 10.2. The number of benzene rings is 2. The first kappa shape index (κ1) is 17.9. The predicted molar refractivity (Wildman–Crippen MR) is 105 cm³/mol. The van der Waals surface area contributed by atoms with E-state index in [0.29, 0.717) is 34.6 Å². The molecule has 0 radical (unpaired) electrons. The molecule has 1 amide bonds. The third kappa shape index (κ3) is 4.37. The molecule has 0 aliphatic carbocycles. The summed E-state index contributed by atoms with van der Waals surface area (Å²) in [4.78, 5) is 21.3. The van der Waals surface area contributed by atoms with Gasteiger partial charge in [0.05, 0.1) is 0 Å². The maximum Gasteiger partial charge on any atom is 0.274 e. The summed E-state index contributed by atoms with van der Waals surface area (Å²) in [5.74, 6) is 0.116. The Bertz CT molecular complexity index is 928. The van der Waals surface area contributed by atoms with Gasteiger partial charge in [-0.1, -0.05) is 48.0 Å². The average Bonchev–Trinajstić information content (AvgIpc) is 2.64. The Kier molecular flexibility index (Phi) is 5.49. The van der Waals surface area contributed by atoms with Gasteiger partial charge in [0.2, 0.25) is 5.95 Å². The molecular formula is C20H19ClN4O. The fourth-order valence-electron chi connectivity index (χ4n) is 2.47. The van der Waals surface area contributed by atoms with Crippen LogP contribution >= 0.6 is 11.6 Å². The third-order valence-corrected chi connectivity index (χ3v) is 4.31. The summed E-state index contributed by atoms with van der Waals surface area (Å²) in [6, 6.07) is 17.0. The van der Waals surface area contributed by atoms with Gasteiger partial charge in [-0.25, -0.2) is 9.97 Å². The van der Waals surface area contributed by atoms with Crippen LogP contribution in [0.25, 0.3) is 0 Å². The highest BCUT2D eigenvalue weighted by molar-refractivity contribution is 6.31. The molecule has 1 heterocycles. The van der Waals surface area contributed by atoms with Gasteiger partial charge in [0, 0.05) is 22.9 Å². The van der Waals surface area contributed by atoms with Gasteiger partial charge in [-0.05, 0) is 43.2 Å². The monoisotopic (exact) mass is 366 g/mol. The predicted octanol–water partition coefficient (Wildman–Crippen LogP) is 4.61. The number of hydrogen-bond acceptors (Lipinski definition) is 4. The van der Waals surface area contributed by atoms with Crippen LogP contribution < -0.4 is 10.6 Å². The lowest BCUT2D eigenvalue weighted by Crippen LogP contribution is -2.16. The van der Waals surface area contributed by atoms with Crippen LogP contribution in [0.5, 0.6) is 0 Å². The number of aromatic nitrogens is 2. The number of hydrogen-bond donors (Lipinski definition) is 2. The highest BCUT2D eigenvalue weighted by Crippen LogP contribution is 2.23. The van der Waals surface area contributed by atoms with Crippen LogP contribution in [0.1, 0.15) is 27.3 Å². The lowest BCUT2D eigenvalue weighted by Gasteiger charge is -2.11. The lowest BCUT2D eigenvalue weighted by molar-refractivity contribution is 0.102. The Labute approximate surface area is 157 Å². The highest BCUT2D eigenvalue weighted by Gasteiger charge is 2.13. The van der Waals surface area contributed by atoms with Gasteiger partial charge in [0.15, 0.2) is 0 Å². The quantitative estimate of drug-likeness (QED) is 0.691. The molecule has 0 atom stereocenters. The van der Waals surface area contributed by atoms with E-state index in [4.69, 9.17) is 11.6 Å². The van der Waals surface area contributed by atoms with Crippen LogP contribution in [0.15, 0.2) is 54.6 Å². The molecule has 0 saturated carbocycles. The molecule has 2 N–H and O–H groups in total. The fourth-order valence-corrected chi connectivity index (χ4v) is 2.64. The summed E-state index contributed by atoms with van der Waals surface area (Å²) in [6.07, 6.45) is 0. The summed E-state index contributed by atoms with van der Waals surface area (Å²) in [6.45, 7) is 4.27. The Morgan fingerprint density at radius 1 is 1.04 bits per heavy atom. The number of carbonyl (C=O) groups is 1. The van der Waals surface area contributed by atoms with E-state index in [0.717, 1.165) is 11.1 Å². The van der Waals surface area contributed by atoms with E-state index in [-0.39, 0.29) is 5.91 Å². The van der Waals surface area contributed by atoms with Crippen molar-refractivity contribution in [3.63, 3.8) is 0 Å². The number of halogens is 1. The van der Waals surface area contributed by atoms with Crippen LogP contribution in [-0.4, -0.2) is 15.9 Å². The number of rotatable bonds is 5. The van der Waals surface area contributed by atoms with Crippen LogP contribution in [0.2, 0.25) is 5.02 Å². The molecule has 0 aliphatic heterocycles. The van der Waals surface area contributed by atoms with Crippen molar-refractivity contribution in [3.05, 3.63) is 82.1 Å². The zero-order valence-electron chi connectivity index (χ0n) is 14.6. The van der Waals surface area contributed by atoms with Crippen molar-refractivity contribution < 1.29 is 4.79 Å². The SMILES string of the molecule is Cc1cc(C(=O)Nc2cccc(Cl)c2C)nc(NCc2ccccc2)n1. The van der Waals surface area contributed by atoms with Crippen molar-refractivity contribution in [3.8, 4) is 0 Å². The van der Waals surface area contributed by atoms with Crippen LogP contribution in [0, 0.1) is 13.8 Å². The zero-order valence-corrected chi connectivity index (χ0v) is 15.3. The van der Waals surface area contributed by atoms with E-state index < -0.39 is 0 Å². The largest absolute Gasteiger partial charge is 0.350 e. The van der Waals surface area contributed by atoms with Crippen molar-refractivity contribution in [1.82, 2.24) is 9.97 Å². The number of nitrogens with zero attached hydrogens (tertiary/aromatic N) is 2. The van der Waals surface area contributed by atoms with Gasteiger partial charge in [-0.2, -0.15) is 0 Å². The molecule has 0 unspecified atom stereocenters. The maximum absolute atomic E-state index is 12.6. The molecule has 0 aliphatic rings. The maximum atomic E-state index is 12.6. The second kappa shape index (κ2) is 7.97. The van der Waals surface area contributed by atoms with E-state index in [1.807, 2.05) is 50.2 Å². The second-order valence-electron chi connectivity index (χ2n) is 5.92. The van der Waals surface area contributed by atoms with Gasteiger partial charge in [0.25, 0.3) is 5.91 Å². The number of amides is 1. The van der Waals surface area contributed by atoms with Crippen LogP contribution in [0.4, 0.5) is 11.6 Å². The standard InChI is InChI=1S/C20H19ClN4O/c1-13-11-18(19(26)24-17-10-6-9-16(21)14(17)2)25-20(23-13)22-12-15-7-4-3-5-8-15/h3-11H,12H2,1-2H3,(H,24,26)(H,22,23,25). The Morgan fingerprint density at radius 2 is 1.81 bits per heavy atom. The van der Waals surface area contributed by atoms with Gasteiger partial charge >= 0.3 is 0 Å². The molecule has 0 saturated heterocycles. The van der Waals surface area contributed by atoms with Gasteiger partial charge in [-0.15, -0.1) is 0 Å². The summed E-state index contributed by atoms with van der Waals surface area (Å²) < 4.78 is 0. The van der Waals surface area contributed by atoms with E-state index >= 15 is 0 Å². The van der Waals surface area contributed by atoms with E-state index in [1.165, 1.54) is 0 Å². The molecule has 5 nitrogen and oxygen atoms in total. The molecule has 132 valence electrons. The van der Waals surface area contributed by atoms with Crippen molar-refractivity contribution in [2.24, 2.45) is 0 Å². The van der Waals surface area contributed by atoms with Crippen LogP contribution in [-0.2, 0) is 6.54 Å². The molecule has 1 aromatic heterocycles. The topological polar surface area (TPSA) is 66.9 Å². The third-order valence-electron chi connectivity index (χ3n) is 3.90. The molecule has 0 bridgehead atoms. The van der Waals surface area contributed by atoms with E-state index in [9.17, 15) is 4.79 Å². The van der Waals surface area contributed by atoms with Gasteiger partial charge in [-0.3, -0.25) is 4.79 Å². The highest BCUT2D eigenvalue weighted by atomic mass is 35.5. The first-order chi connectivity index (χ1) is 12.5. The first-order valence-corrected chi connectivity index (χ1v) is 8.60. The molecule has 3 rings (SSSR count). The summed E-state index contributed by atoms with van der Waals surface area (Å²) in [5.41, 5.74) is 3.60. The zero-order chi connectivity index (χ0) is 18.5. The minimum atomic E-state index is -0.302. The molecule has 3 aromatic rings. The smallest absolute Gasteiger partial charge is 0.274 e. The minimum absolute atomic E-state index is 0.299. The van der Waals surface area contributed by atoms with Crippen LogP contribution in [0.3, 0.4) is 0 Å². The van der Waals surface area contributed by atoms with Crippen molar-refractivity contribution in [2.75, 3.05) is 10.6 Å². The van der Waals surface area contributed by atoms with Gasteiger partial charge in [0.1, 0.15) is 5.69 Å². The second-order valence-corrected chi connectivity index (χ2v) is 6.33. The molecular weight excluding hydrogens is 348 g/mol. The van der Waals surface area contributed by atoms with Crippen molar-refractivity contribution >= 4 is 29.1 Å². The Hall–Kier alpha value is -2.92. The molecule has 0 spiro atoms. The Morgan fingerprint density at radius 3 is 2.58 bits per heavy atom. The molecule has 0 fully saturated rings. The van der Waals surface area contributed by atoms with Crippen molar-refractivity contribution in [2.45, 2.75) is 20.4 Å².